The van der Waals surface area contributed by atoms with Crippen molar-refractivity contribution in [3.8, 4) is 0 Å². The molecule has 4 rings (SSSR count). The molecule has 1 aromatic carbocycles. The summed E-state index contributed by atoms with van der Waals surface area (Å²) in [6.07, 6.45) is 4.61. The standard InChI is InChI=1S/C21H28N2O3/c1-16-3-5-17(6-4-16)19(24)22-12-10-21(15-22)9-2-11-23(20(21)25)18-7-13-26-14-8-18/h3-6,18H,2,7-15H2,1H3/t21-/m1/s1. The van der Waals surface area contributed by atoms with Crippen LogP contribution in [0.1, 0.15) is 48.0 Å². The summed E-state index contributed by atoms with van der Waals surface area (Å²) in [5.41, 5.74) is 1.50. The first-order valence-electron chi connectivity index (χ1n) is 9.84. The predicted molar refractivity (Wildman–Crippen MR) is 98.9 cm³/mol. The first kappa shape index (κ1) is 17.5. The Kier molecular flexibility index (Phi) is 4.74. The number of rotatable bonds is 2. The number of likely N-dealkylation sites (tertiary alicyclic amines) is 2. The fourth-order valence-corrected chi connectivity index (χ4v) is 4.75. The van der Waals surface area contributed by atoms with E-state index >= 15 is 0 Å². The molecule has 1 spiro atoms. The predicted octanol–water partition coefficient (Wildman–Crippen LogP) is 2.63. The van der Waals surface area contributed by atoms with Crippen LogP contribution in [0.4, 0.5) is 0 Å². The van der Waals surface area contributed by atoms with Crippen molar-refractivity contribution in [2.45, 2.75) is 45.1 Å². The highest BCUT2D eigenvalue weighted by Crippen LogP contribution is 2.41. The van der Waals surface area contributed by atoms with E-state index < -0.39 is 0 Å². The Morgan fingerprint density at radius 2 is 1.85 bits per heavy atom. The first-order valence-corrected chi connectivity index (χ1v) is 9.84. The molecule has 1 atom stereocenters. The van der Waals surface area contributed by atoms with E-state index in [9.17, 15) is 9.59 Å². The average molecular weight is 356 g/mol. The van der Waals surface area contributed by atoms with Gasteiger partial charge in [-0.3, -0.25) is 9.59 Å². The summed E-state index contributed by atoms with van der Waals surface area (Å²) in [6, 6.07) is 8.03. The molecule has 3 aliphatic heterocycles. The molecule has 0 bridgehead atoms. The molecule has 0 N–H and O–H groups in total. The molecule has 0 aliphatic carbocycles. The molecular formula is C21H28N2O3. The lowest BCUT2D eigenvalue weighted by Gasteiger charge is -2.44. The number of nitrogens with zero attached hydrogens (tertiary/aromatic N) is 2. The molecule has 3 aliphatic rings. The summed E-state index contributed by atoms with van der Waals surface area (Å²) in [5.74, 6) is 0.327. The van der Waals surface area contributed by atoms with Crippen LogP contribution in [0.3, 0.4) is 0 Å². The highest BCUT2D eigenvalue weighted by Gasteiger charge is 2.50. The van der Waals surface area contributed by atoms with Crippen molar-refractivity contribution >= 4 is 11.8 Å². The molecule has 5 heteroatoms. The lowest BCUT2D eigenvalue weighted by molar-refractivity contribution is -0.150. The Balaban J connectivity index is 1.48. The van der Waals surface area contributed by atoms with Crippen molar-refractivity contribution in [3.05, 3.63) is 35.4 Å². The number of ether oxygens (including phenoxy) is 1. The molecule has 2 amide bonds. The number of carbonyl (C=O) groups excluding carboxylic acids is 2. The summed E-state index contributed by atoms with van der Waals surface area (Å²) in [6.45, 7) is 5.62. The van der Waals surface area contributed by atoms with E-state index in [0.717, 1.165) is 63.0 Å². The van der Waals surface area contributed by atoms with E-state index in [1.54, 1.807) is 0 Å². The van der Waals surface area contributed by atoms with Crippen LogP contribution in [0, 0.1) is 12.3 Å². The molecule has 0 aromatic heterocycles. The van der Waals surface area contributed by atoms with Crippen molar-refractivity contribution in [1.82, 2.24) is 9.80 Å². The Labute approximate surface area is 155 Å². The van der Waals surface area contributed by atoms with Crippen molar-refractivity contribution in [2.75, 3.05) is 32.8 Å². The lowest BCUT2D eigenvalue weighted by atomic mass is 9.77. The van der Waals surface area contributed by atoms with Gasteiger partial charge in [0.15, 0.2) is 0 Å². The second-order valence-electron chi connectivity index (χ2n) is 8.07. The normalized spacial score (nSPS) is 27.3. The van der Waals surface area contributed by atoms with Crippen LogP contribution in [-0.2, 0) is 9.53 Å². The third-order valence-electron chi connectivity index (χ3n) is 6.34. The van der Waals surface area contributed by atoms with Gasteiger partial charge in [-0.05, 0) is 51.2 Å². The second kappa shape index (κ2) is 7.03. The van der Waals surface area contributed by atoms with Crippen molar-refractivity contribution in [2.24, 2.45) is 5.41 Å². The average Bonchev–Trinajstić information content (AvgIpc) is 3.10. The Morgan fingerprint density at radius 3 is 2.58 bits per heavy atom. The minimum absolute atomic E-state index is 0.0536. The molecule has 3 saturated heterocycles. The van der Waals surface area contributed by atoms with E-state index in [1.165, 1.54) is 0 Å². The maximum atomic E-state index is 13.3. The number of hydrogen-bond donors (Lipinski definition) is 0. The molecule has 26 heavy (non-hydrogen) atoms. The SMILES string of the molecule is Cc1ccc(C(=O)N2CC[C@]3(CCCN(C4CCOCC4)C3=O)C2)cc1. The Morgan fingerprint density at radius 1 is 1.12 bits per heavy atom. The zero-order chi connectivity index (χ0) is 18.1. The Bertz CT molecular complexity index is 681. The summed E-state index contributed by atoms with van der Waals surface area (Å²) < 4.78 is 5.46. The third kappa shape index (κ3) is 3.13. The smallest absolute Gasteiger partial charge is 0.253 e. The van der Waals surface area contributed by atoms with Gasteiger partial charge in [-0.25, -0.2) is 0 Å². The van der Waals surface area contributed by atoms with Crippen LogP contribution in [0.5, 0.6) is 0 Å². The highest BCUT2D eigenvalue weighted by atomic mass is 16.5. The second-order valence-corrected chi connectivity index (χ2v) is 8.07. The minimum Gasteiger partial charge on any atom is -0.381 e. The molecule has 1 aromatic rings. The Hall–Kier alpha value is -1.88. The van der Waals surface area contributed by atoms with Crippen LogP contribution in [0.25, 0.3) is 0 Å². The summed E-state index contributed by atoms with van der Waals surface area (Å²) in [7, 11) is 0. The van der Waals surface area contributed by atoms with Crippen molar-refractivity contribution in [1.29, 1.82) is 0 Å². The zero-order valence-electron chi connectivity index (χ0n) is 15.6. The number of carbonyl (C=O) groups is 2. The monoisotopic (exact) mass is 356 g/mol. The van der Waals surface area contributed by atoms with Gasteiger partial charge in [-0.15, -0.1) is 0 Å². The van der Waals surface area contributed by atoms with Crippen molar-refractivity contribution < 1.29 is 14.3 Å². The minimum atomic E-state index is -0.364. The molecule has 3 fully saturated rings. The fourth-order valence-electron chi connectivity index (χ4n) is 4.75. The van der Waals surface area contributed by atoms with Gasteiger partial charge in [0.2, 0.25) is 5.91 Å². The fraction of sp³-hybridized carbons (Fsp3) is 0.619. The van der Waals surface area contributed by atoms with E-state index in [4.69, 9.17) is 4.74 Å². The van der Waals surface area contributed by atoms with Crippen LogP contribution in [0.2, 0.25) is 0 Å². The van der Waals surface area contributed by atoms with E-state index in [-0.39, 0.29) is 17.2 Å². The largest absolute Gasteiger partial charge is 0.381 e. The third-order valence-corrected chi connectivity index (χ3v) is 6.34. The molecular weight excluding hydrogens is 328 g/mol. The van der Waals surface area contributed by atoms with Gasteiger partial charge in [0.05, 0.1) is 5.41 Å². The quantitative estimate of drug-likeness (QED) is 0.818. The molecule has 5 nitrogen and oxygen atoms in total. The van der Waals surface area contributed by atoms with Crippen LogP contribution in [0.15, 0.2) is 24.3 Å². The topological polar surface area (TPSA) is 49.9 Å². The molecule has 3 heterocycles. The lowest BCUT2D eigenvalue weighted by Crippen LogP contribution is -2.55. The number of amides is 2. The number of aryl methyl sites for hydroxylation is 1. The summed E-state index contributed by atoms with van der Waals surface area (Å²) >= 11 is 0. The van der Waals surface area contributed by atoms with Gasteiger partial charge in [0.1, 0.15) is 0 Å². The number of hydrogen-bond acceptors (Lipinski definition) is 3. The molecule has 140 valence electrons. The molecule has 0 unspecified atom stereocenters. The number of benzene rings is 1. The van der Waals surface area contributed by atoms with Gasteiger partial charge in [-0.1, -0.05) is 17.7 Å². The van der Waals surface area contributed by atoms with Crippen molar-refractivity contribution in [3.63, 3.8) is 0 Å². The van der Waals surface area contributed by atoms with Crippen LogP contribution >= 0.6 is 0 Å². The summed E-state index contributed by atoms with van der Waals surface area (Å²) in [5, 5.41) is 0. The highest BCUT2D eigenvalue weighted by molar-refractivity contribution is 5.95. The maximum Gasteiger partial charge on any atom is 0.253 e. The number of piperidine rings is 1. The van der Waals surface area contributed by atoms with E-state index in [0.29, 0.717) is 19.1 Å². The van der Waals surface area contributed by atoms with Gasteiger partial charge in [0, 0.05) is 44.5 Å². The van der Waals surface area contributed by atoms with Crippen LogP contribution < -0.4 is 0 Å². The molecule has 0 saturated carbocycles. The maximum absolute atomic E-state index is 13.3. The van der Waals surface area contributed by atoms with Gasteiger partial charge < -0.3 is 14.5 Å². The van der Waals surface area contributed by atoms with Crippen LogP contribution in [-0.4, -0.2) is 60.5 Å². The van der Waals surface area contributed by atoms with Gasteiger partial charge >= 0.3 is 0 Å². The molecule has 0 radical (unpaired) electrons. The van der Waals surface area contributed by atoms with Gasteiger partial charge in [-0.2, -0.15) is 0 Å². The van der Waals surface area contributed by atoms with E-state index in [1.807, 2.05) is 36.1 Å². The zero-order valence-corrected chi connectivity index (χ0v) is 15.6. The van der Waals surface area contributed by atoms with Gasteiger partial charge in [0.25, 0.3) is 5.91 Å². The summed E-state index contributed by atoms with van der Waals surface area (Å²) in [4.78, 5) is 30.2. The van der Waals surface area contributed by atoms with E-state index in [2.05, 4.69) is 4.90 Å². The first-order chi connectivity index (χ1) is 12.6.